The van der Waals surface area contributed by atoms with Crippen molar-refractivity contribution in [3.05, 3.63) is 50.9 Å². The number of aromatic nitrogens is 2. The Morgan fingerprint density at radius 3 is 2.26 bits per heavy atom. The largest absolute Gasteiger partial charge is 0.391 e. The number of hydrogen-bond donors (Lipinski definition) is 2. The van der Waals surface area contributed by atoms with E-state index in [4.69, 9.17) is 11.6 Å². The molecule has 0 saturated carbocycles. The monoisotopic (exact) mass is 280 g/mol. The minimum absolute atomic E-state index is 0.227. The Bertz CT molecular complexity index is 633. The maximum absolute atomic E-state index is 12.3. The Hall–Kier alpha value is -1.52. The van der Waals surface area contributed by atoms with Gasteiger partial charge in [-0.25, -0.2) is 4.68 Å². The Balaban J connectivity index is 2.63. The van der Waals surface area contributed by atoms with E-state index in [1.807, 2.05) is 20.8 Å². The molecular formula is C14H17ClN2O2. The molecule has 2 rings (SSSR count). The summed E-state index contributed by atoms with van der Waals surface area (Å²) in [6, 6.07) is 6.96. The maximum atomic E-state index is 12.3. The van der Waals surface area contributed by atoms with E-state index < -0.39 is 0 Å². The summed E-state index contributed by atoms with van der Waals surface area (Å²) < 4.78 is 1.43. The minimum atomic E-state index is -0.275. The Morgan fingerprint density at radius 2 is 1.84 bits per heavy atom. The van der Waals surface area contributed by atoms with Crippen molar-refractivity contribution in [3.8, 4) is 5.69 Å². The van der Waals surface area contributed by atoms with Crippen LogP contribution in [0.25, 0.3) is 5.69 Å². The van der Waals surface area contributed by atoms with E-state index in [1.165, 1.54) is 4.68 Å². The molecule has 1 heterocycles. The predicted octanol–water partition coefficient (Wildman–Crippen LogP) is 2.61. The van der Waals surface area contributed by atoms with Crippen LogP contribution in [0.15, 0.2) is 29.1 Å². The number of H-pyrrole nitrogens is 1. The normalized spacial score (nSPS) is 11.8. The summed E-state index contributed by atoms with van der Waals surface area (Å²) >= 11 is 5.84. The molecule has 102 valence electrons. The van der Waals surface area contributed by atoms with Gasteiger partial charge in [-0.2, -0.15) is 0 Å². The standard InChI is InChI=1S/C14H17ClN2O2/c1-14(2,3)12-11(8-18)13(19)17(16-12)10-6-4-9(15)5-7-10/h4-7,16,18H,8H2,1-3H3. The van der Waals surface area contributed by atoms with E-state index in [-0.39, 0.29) is 17.6 Å². The maximum Gasteiger partial charge on any atom is 0.277 e. The lowest BCUT2D eigenvalue weighted by molar-refractivity contribution is 0.277. The fourth-order valence-electron chi connectivity index (χ4n) is 2.01. The van der Waals surface area contributed by atoms with E-state index in [9.17, 15) is 9.90 Å². The molecule has 0 bridgehead atoms. The van der Waals surface area contributed by atoms with E-state index in [2.05, 4.69) is 5.10 Å². The van der Waals surface area contributed by atoms with Gasteiger partial charge in [0.2, 0.25) is 0 Å². The van der Waals surface area contributed by atoms with E-state index in [0.717, 1.165) is 5.69 Å². The Labute approximate surface area is 116 Å². The van der Waals surface area contributed by atoms with Gasteiger partial charge >= 0.3 is 0 Å². The lowest BCUT2D eigenvalue weighted by Gasteiger charge is -2.17. The molecule has 1 aromatic heterocycles. The van der Waals surface area contributed by atoms with Gasteiger partial charge in [0.1, 0.15) is 0 Å². The molecule has 2 N–H and O–H groups in total. The van der Waals surface area contributed by atoms with Crippen LogP contribution in [0.5, 0.6) is 0 Å². The van der Waals surface area contributed by atoms with Crippen LogP contribution in [-0.2, 0) is 12.0 Å². The molecule has 0 aliphatic heterocycles. The molecule has 0 radical (unpaired) electrons. The molecule has 0 aliphatic rings. The van der Waals surface area contributed by atoms with Crippen LogP contribution >= 0.6 is 11.6 Å². The molecule has 0 saturated heterocycles. The molecule has 0 aliphatic carbocycles. The van der Waals surface area contributed by atoms with Gasteiger partial charge in [-0.05, 0) is 24.3 Å². The molecule has 5 heteroatoms. The van der Waals surface area contributed by atoms with Crippen molar-refractivity contribution in [3.63, 3.8) is 0 Å². The van der Waals surface area contributed by atoms with Crippen LogP contribution in [0.4, 0.5) is 0 Å². The van der Waals surface area contributed by atoms with Crippen LogP contribution < -0.4 is 5.56 Å². The lowest BCUT2D eigenvalue weighted by Crippen LogP contribution is -2.18. The molecule has 0 amide bonds. The number of halogens is 1. The summed E-state index contributed by atoms with van der Waals surface area (Å²) in [5, 5.41) is 13.1. The second kappa shape index (κ2) is 4.87. The third-order valence-corrected chi connectivity index (χ3v) is 3.23. The highest BCUT2D eigenvalue weighted by atomic mass is 35.5. The fraction of sp³-hybridized carbons (Fsp3) is 0.357. The third-order valence-electron chi connectivity index (χ3n) is 2.98. The highest BCUT2D eigenvalue weighted by molar-refractivity contribution is 6.30. The summed E-state index contributed by atoms with van der Waals surface area (Å²) in [6.45, 7) is 5.69. The van der Waals surface area contributed by atoms with Crippen LogP contribution in [0.1, 0.15) is 32.0 Å². The molecule has 1 aromatic carbocycles. The number of aliphatic hydroxyl groups is 1. The predicted molar refractivity (Wildman–Crippen MR) is 76.0 cm³/mol. The second-order valence-corrected chi connectivity index (χ2v) is 5.93. The first-order chi connectivity index (χ1) is 8.84. The van der Waals surface area contributed by atoms with Crippen molar-refractivity contribution >= 4 is 11.6 Å². The van der Waals surface area contributed by atoms with Gasteiger partial charge in [0.25, 0.3) is 5.56 Å². The summed E-state index contributed by atoms with van der Waals surface area (Å²) in [7, 11) is 0. The zero-order valence-corrected chi connectivity index (χ0v) is 12.0. The number of aliphatic hydroxyl groups excluding tert-OH is 1. The van der Waals surface area contributed by atoms with Gasteiger partial charge in [0, 0.05) is 16.1 Å². The minimum Gasteiger partial charge on any atom is -0.391 e. The molecule has 19 heavy (non-hydrogen) atoms. The number of nitrogens with one attached hydrogen (secondary N) is 1. The molecule has 0 unspecified atom stereocenters. The van der Waals surface area contributed by atoms with Crippen LogP contribution in [-0.4, -0.2) is 14.9 Å². The quantitative estimate of drug-likeness (QED) is 0.888. The molecular weight excluding hydrogens is 264 g/mol. The van der Waals surface area contributed by atoms with Gasteiger partial charge in [0.05, 0.1) is 17.9 Å². The van der Waals surface area contributed by atoms with E-state index in [1.54, 1.807) is 24.3 Å². The van der Waals surface area contributed by atoms with Crippen molar-refractivity contribution in [1.82, 2.24) is 9.78 Å². The average molecular weight is 281 g/mol. The molecule has 0 atom stereocenters. The highest BCUT2D eigenvalue weighted by Gasteiger charge is 2.24. The highest BCUT2D eigenvalue weighted by Crippen LogP contribution is 2.23. The number of benzene rings is 1. The first kappa shape index (κ1) is 13.9. The zero-order chi connectivity index (χ0) is 14.2. The topological polar surface area (TPSA) is 58.0 Å². The fourth-order valence-corrected chi connectivity index (χ4v) is 2.14. The lowest BCUT2D eigenvalue weighted by atomic mass is 9.90. The molecule has 2 aromatic rings. The first-order valence-electron chi connectivity index (χ1n) is 6.06. The van der Waals surface area contributed by atoms with Gasteiger partial charge in [-0.3, -0.25) is 9.89 Å². The van der Waals surface area contributed by atoms with Crippen molar-refractivity contribution < 1.29 is 5.11 Å². The Kier molecular flexibility index (Phi) is 3.56. The Morgan fingerprint density at radius 1 is 1.26 bits per heavy atom. The summed E-state index contributed by atoms with van der Waals surface area (Å²) in [5.41, 5.74) is 1.38. The van der Waals surface area contributed by atoms with Gasteiger partial charge in [-0.15, -0.1) is 0 Å². The van der Waals surface area contributed by atoms with Crippen LogP contribution in [0.2, 0.25) is 5.02 Å². The average Bonchev–Trinajstić information content (AvgIpc) is 2.67. The van der Waals surface area contributed by atoms with Crippen molar-refractivity contribution in [2.45, 2.75) is 32.8 Å². The number of nitrogens with zero attached hydrogens (tertiary/aromatic N) is 1. The zero-order valence-electron chi connectivity index (χ0n) is 11.2. The number of hydrogen-bond acceptors (Lipinski definition) is 2. The number of aromatic amines is 1. The van der Waals surface area contributed by atoms with E-state index in [0.29, 0.717) is 16.3 Å². The number of rotatable bonds is 2. The van der Waals surface area contributed by atoms with Crippen molar-refractivity contribution in [1.29, 1.82) is 0 Å². The second-order valence-electron chi connectivity index (χ2n) is 5.49. The van der Waals surface area contributed by atoms with E-state index >= 15 is 0 Å². The summed E-state index contributed by atoms with van der Waals surface area (Å²) in [5.74, 6) is 0. The molecule has 0 fully saturated rings. The van der Waals surface area contributed by atoms with Crippen molar-refractivity contribution in [2.75, 3.05) is 0 Å². The smallest absolute Gasteiger partial charge is 0.277 e. The van der Waals surface area contributed by atoms with Gasteiger partial charge < -0.3 is 5.11 Å². The van der Waals surface area contributed by atoms with Gasteiger partial charge in [0.15, 0.2) is 0 Å². The summed E-state index contributed by atoms with van der Waals surface area (Å²) in [4.78, 5) is 12.3. The SMILES string of the molecule is CC(C)(C)c1[nH]n(-c2ccc(Cl)cc2)c(=O)c1CO. The summed E-state index contributed by atoms with van der Waals surface area (Å²) in [6.07, 6.45) is 0. The van der Waals surface area contributed by atoms with Crippen molar-refractivity contribution in [2.24, 2.45) is 0 Å². The van der Waals surface area contributed by atoms with Crippen LogP contribution in [0, 0.1) is 0 Å². The third kappa shape index (κ3) is 2.60. The molecule has 0 spiro atoms. The molecule has 4 nitrogen and oxygen atoms in total. The van der Waals surface area contributed by atoms with Gasteiger partial charge in [-0.1, -0.05) is 32.4 Å². The first-order valence-corrected chi connectivity index (χ1v) is 6.43. The van der Waals surface area contributed by atoms with Crippen LogP contribution in [0.3, 0.4) is 0 Å².